The van der Waals surface area contributed by atoms with E-state index in [0.29, 0.717) is 13.0 Å². The van der Waals surface area contributed by atoms with Gasteiger partial charge < -0.3 is 20.1 Å². The van der Waals surface area contributed by atoms with Crippen molar-refractivity contribution < 1.29 is 14.3 Å². The van der Waals surface area contributed by atoms with Crippen LogP contribution in [0.5, 0.6) is 0 Å². The van der Waals surface area contributed by atoms with Gasteiger partial charge in [0.2, 0.25) is 5.91 Å². The van der Waals surface area contributed by atoms with Crippen LogP contribution in [0.4, 0.5) is 5.69 Å². The molecule has 2 aliphatic rings. The number of rotatable bonds is 5. The minimum Gasteiger partial charge on any atom is -0.379 e. The zero-order valence-electron chi connectivity index (χ0n) is 14.2. The van der Waals surface area contributed by atoms with Crippen molar-refractivity contribution in [3.8, 4) is 0 Å². The third-order valence-electron chi connectivity index (χ3n) is 4.15. The van der Waals surface area contributed by atoms with Crippen LogP contribution in [0.2, 0.25) is 0 Å². The summed E-state index contributed by atoms with van der Waals surface area (Å²) in [5, 5.41) is 6.29. The number of benzene rings is 1. The summed E-state index contributed by atoms with van der Waals surface area (Å²) in [4.78, 5) is 14.5. The molecule has 25 heavy (non-hydrogen) atoms. The largest absolute Gasteiger partial charge is 0.379 e. The van der Waals surface area contributed by atoms with Crippen molar-refractivity contribution in [2.24, 2.45) is 0 Å². The first-order chi connectivity index (χ1) is 11.3. The first-order valence-electron chi connectivity index (χ1n) is 8.29. The molecule has 1 amide bonds. The fraction of sp³-hybridized carbons (Fsp3) is 0.588. The summed E-state index contributed by atoms with van der Waals surface area (Å²) in [6.45, 7) is 6.55. The molecule has 3 rings (SSSR count). The molecule has 1 atom stereocenters. The summed E-state index contributed by atoms with van der Waals surface area (Å²) in [7, 11) is 0. The summed E-state index contributed by atoms with van der Waals surface area (Å²) >= 11 is 0. The zero-order valence-corrected chi connectivity index (χ0v) is 15.9. The predicted octanol–water partition coefficient (Wildman–Crippen LogP) is 1.68. The Morgan fingerprint density at radius 2 is 2.00 bits per heavy atom. The Bertz CT molecular complexity index is 522. The first-order valence-corrected chi connectivity index (χ1v) is 8.29. The van der Waals surface area contributed by atoms with Gasteiger partial charge in [-0.1, -0.05) is 12.1 Å². The number of halogens is 2. The molecule has 2 fully saturated rings. The SMILES string of the molecule is Cl.Cl.O=C(CC1COCCN1)Nc1cccc(CN2CCOCC2)c1. The molecule has 2 aliphatic heterocycles. The molecule has 8 heteroatoms. The van der Waals surface area contributed by atoms with Gasteiger partial charge in [-0.25, -0.2) is 0 Å². The molecule has 2 saturated heterocycles. The van der Waals surface area contributed by atoms with Gasteiger partial charge in [0.25, 0.3) is 0 Å². The lowest BCUT2D eigenvalue weighted by atomic mass is 10.1. The Hall–Kier alpha value is -0.890. The van der Waals surface area contributed by atoms with E-state index in [4.69, 9.17) is 9.47 Å². The van der Waals surface area contributed by atoms with Crippen LogP contribution in [-0.2, 0) is 20.8 Å². The third-order valence-corrected chi connectivity index (χ3v) is 4.15. The molecule has 6 nitrogen and oxygen atoms in total. The van der Waals surface area contributed by atoms with Crippen LogP contribution < -0.4 is 10.6 Å². The molecule has 0 bridgehead atoms. The number of nitrogens with one attached hydrogen (secondary N) is 2. The van der Waals surface area contributed by atoms with E-state index in [0.717, 1.165) is 51.7 Å². The van der Waals surface area contributed by atoms with Gasteiger partial charge in [0.1, 0.15) is 0 Å². The Morgan fingerprint density at radius 1 is 1.20 bits per heavy atom. The predicted molar refractivity (Wildman–Crippen MR) is 103 cm³/mol. The van der Waals surface area contributed by atoms with Crippen LogP contribution in [0.1, 0.15) is 12.0 Å². The fourth-order valence-corrected chi connectivity index (χ4v) is 2.95. The summed E-state index contributed by atoms with van der Waals surface area (Å²) < 4.78 is 10.7. The Labute approximate surface area is 161 Å². The van der Waals surface area contributed by atoms with E-state index < -0.39 is 0 Å². The highest BCUT2D eigenvalue weighted by Crippen LogP contribution is 2.14. The maximum absolute atomic E-state index is 12.1. The molecule has 1 aromatic carbocycles. The highest BCUT2D eigenvalue weighted by atomic mass is 35.5. The van der Waals surface area contributed by atoms with Gasteiger partial charge in [-0.3, -0.25) is 9.69 Å². The zero-order chi connectivity index (χ0) is 15.9. The molecule has 142 valence electrons. The van der Waals surface area contributed by atoms with Crippen LogP contribution in [0, 0.1) is 0 Å². The topological polar surface area (TPSA) is 62.8 Å². The molecule has 1 aromatic rings. The number of nitrogens with zero attached hydrogens (tertiary/aromatic N) is 1. The minimum atomic E-state index is 0. The smallest absolute Gasteiger partial charge is 0.226 e. The van der Waals surface area contributed by atoms with Crippen molar-refractivity contribution in [3.63, 3.8) is 0 Å². The highest BCUT2D eigenvalue weighted by molar-refractivity contribution is 5.91. The molecular formula is C17H27Cl2N3O3. The number of carbonyl (C=O) groups is 1. The summed E-state index contributed by atoms with van der Waals surface area (Å²) in [5.74, 6) is 0.0246. The second-order valence-corrected chi connectivity index (χ2v) is 6.07. The van der Waals surface area contributed by atoms with E-state index in [-0.39, 0.29) is 36.8 Å². The number of hydrogen-bond donors (Lipinski definition) is 2. The van der Waals surface area contributed by atoms with E-state index in [1.807, 2.05) is 12.1 Å². The standard InChI is InChI=1S/C17H25N3O3.2ClH/c21-17(11-16-13-23-7-4-18-16)19-15-3-1-2-14(10-15)12-20-5-8-22-9-6-20;;/h1-3,10,16,18H,4-9,11-13H2,(H,19,21);2*1H. The van der Waals surface area contributed by atoms with Gasteiger partial charge in [-0.15, -0.1) is 24.8 Å². The molecular weight excluding hydrogens is 365 g/mol. The van der Waals surface area contributed by atoms with Crippen LogP contribution in [0.25, 0.3) is 0 Å². The van der Waals surface area contributed by atoms with Crippen molar-refractivity contribution in [1.29, 1.82) is 0 Å². The first kappa shape index (κ1) is 22.2. The summed E-state index contributed by atoms with van der Waals surface area (Å²) in [6, 6.07) is 8.19. The average molecular weight is 392 g/mol. The lowest BCUT2D eigenvalue weighted by Crippen LogP contribution is -2.43. The van der Waals surface area contributed by atoms with Crippen LogP contribution >= 0.6 is 24.8 Å². The second-order valence-electron chi connectivity index (χ2n) is 6.07. The molecule has 0 radical (unpaired) electrons. The number of ether oxygens (including phenoxy) is 2. The normalized spacial score (nSPS) is 20.9. The Kier molecular flexibility index (Phi) is 10.3. The van der Waals surface area contributed by atoms with Crippen LogP contribution in [-0.4, -0.2) is 62.9 Å². The van der Waals surface area contributed by atoms with Crippen LogP contribution in [0.3, 0.4) is 0 Å². The lowest BCUT2D eigenvalue weighted by Gasteiger charge is -2.26. The monoisotopic (exact) mass is 391 g/mol. The number of anilines is 1. The van der Waals surface area contributed by atoms with Gasteiger partial charge >= 0.3 is 0 Å². The van der Waals surface area contributed by atoms with E-state index in [2.05, 4.69) is 27.7 Å². The fourth-order valence-electron chi connectivity index (χ4n) is 2.95. The number of amides is 1. The highest BCUT2D eigenvalue weighted by Gasteiger charge is 2.17. The van der Waals surface area contributed by atoms with E-state index in [9.17, 15) is 4.79 Å². The Morgan fingerprint density at radius 3 is 2.72 bits per heavy atom. The van der Waals surface area contributed by atoms with Gasteiger partial charge in [0, 0.05) is 44.3 Å². The molecule has 2 N–H and O–H groups in total. The molecule has 2 heterocycles. The van der Waals surface area contributed by atoms with Crippen molar-refractivity contribution in [2.45, 2.75) is 19.0 Å². The van der Waals surface area contributed by atoms with Crippen molar-refractivity contribution >= 4 is 36.4 Å². The van der Waals surface area contributed by atoms with Crippen LogP contribution in [0.15, 0.2) is 24.3 Å². The third kappa shape index (κ3) is 7.48. The van der Waals surface area contributed by atoms with Crippen molar-refractivity contribution in [1.82, 2.24) is 10.2 Å². The number of morpholine rings is 2. The van der Waals surface area contributed by atoms with Crippen molar-refractivity contribution in [3.05, 3.63) is 29.8 Å². The number of carbonyl (C=O) groups excluding carboxylic acids is 1. The molecule has 0 aromatic heterocycles. The summed E-state index contributed by atoms with van der Waals surface area (Å²) in [5.41, 5.74) is 2.07. The number of hydrogen-bond acceptors (Lipinski definition) is 5. The molecule has 0 saturated carbocycles. The van der Waals surface area contributed by atoms with Gasteiger partial charge in [-0.05, 0) is 17.7 Å². The molecule has 0 aliphatic carbocycles. The molecule has 1 unspecified atom stereocenters. The van der Waals surface area contributed by atoms with Gasteiger partial charge in [0.05, 0.1) is 26.4 Å². The summed E-state index contributed by atoms with van der Waals surface area (Å²) in [6.07, 6.45) is 0.438. The van der Waals surface area contributed by atoms with Gasteiger partial charge in [0.15, 0.2) is 0 Å². The van der Waals surface area contributed by atoms with E-state index in [1.165, 1.54) is 5.56 Å². The molecule has 0 spiro atoms. The quantitative estimate of drug-likeness (QED) is 0.799. The lowest BCUT2D eigenvalue weighted by molar-refractivity contribution is -0.117. The second kappa shape index (κ2) is 11.7. The maximum atomic E-state index is 12.1. The minimum absolute atomic E-state index is 0. The average Bonchev–Trinajstić information content (AvgIpc) is 2.57. The van der Waals surface area contributed by atoms with Crippen molar-refractivity contribution in [2.75, 3.05) is 51.4 Å². The maximum Gasteiger partial charge on any atom is 0.226 e. The van der Waals surface area contributed by atoms with E-state index in [1.54, 1.807) is 0 Å². The van der Waals surface area contributed by atoms with E-state index >= 15 is 0 Å². The Balaban J connectivity index is 0.00000156. The van der Waals surface area contributed by atoms with Gasteiger partial charge in [-0.2, -0.15) is 0 Å².